The molecule has 0 fully saturated rings. The fraction of sp³-hybridized carbons (Fsp3) is 0.267. The lowest BCUT2D eigenvalue weighted by Crippen LogP contribution is -2.52. The van der Waals surface area contributed by atoms with E-state index in [4.69, 9.17) is 9.47 Å². The fourth-order valence-corrected chi connectivity index (χ4v) is 6.98. The van der Waals surface area contributed by atoms with E-state index in [2.05, 4.69) is 74.6 Å². The second kappa shape index (κ2) is 13.4. The van der Waals surface area contributed by atoms with Crippen molar-refractivity contribution in [1.82, 2.24) is 4.90 Å². The molecule has 4 rings (SSSR count). The minimum atomic E-state index is -0.607. The van der Waals surface area contributed by atoms with Crippen LogP contribution in [0.2, 0.25) is 0 Å². The van der Waals surface area contributed by atoms with Gasteiger partial charge in [-0.2, -0.15) is 4.99 Å². The maximum Gasteiger partial charge on any atom is 0.436 e. The summed E-state index contributed by atoms with van der Waals surface area (Å²) in [7, 11) is 1.66. The number of methoxy groups -OCH3 is 1. The molecule has 0 N–H and O–H groups in total. The molecule has 1 aliphatic rings. The van der Waals surface area contributed by atoms with Gasteiger partial charge in [-0.25, -0.2) is 4.79 Å². The topological polar surface area (TPSA) is 51.1 Å². The van der Waals surface area contributed by atoms with Gasteiger partial charge in [-0.3, -0.25) is 0 Å². The Morgan fingerprint density at radius 2 is 1.79 bits per heavy atom. The van der Waals surface area contributed by atoms with Crippen LogP contribution in [0.5, 0.6) is 5.75 Å². The fourth-order valence-electron chi connectivity index (χ4n) is 4.50. The SMILES string of the molecule is COc1ccc(CN(/C(=N/C(=O)OCc2ccccc2)SC)C(C)(c2ccccc2Br)C2CC=CS2)cc1. The van der Waals surface area contributed by atoms with E-state index >= 15 is 0 Å². The van der Waals surface area contributed by atoms with E-state index in [1.54, 1.807) is 7.11 Å². The number of carbonyl (C=O) groups is 1. The van der Waals surface area contributed by atoms with Crippen molar-refractivity contribution in [3.8, 4) is 5.75 Å². The van der Waals surface area contributed by atoms with Gasteiger partial charge in [0.25, 0.3) is 0 Å². The molecule has 2 atom stereocenters. The number of allylic oxidation sites excluding steroid dienone is 1. The van der Waals surface area contributed by atoms with Crippen LogP contribution in [0.25, 0.3) is 0 Å². The lowest BCUT2D eigenvalue weighted by atomic mass is 9.84. The highest BCUT2D eigenvalue weighted by atomic mass is 79.9. The summed E-state index contributed by atoms with van der Waals surface area (Å²) in [5, 5.41) is 2.97. The zero-order valence-corrected chi connectivity index (χ0v) is 24.9. The number of ether oxygens (including phenoxy) is 2. The second-order valence-corrected chi connectivity index (χ2v) is 11.7. The maximum atomic E-state index is 13.0. The number of hydrogen-bond acceptors (Lipinski definition) is 5. The van der Waals surface area contributed by atoms with Crippen LogP contribution in [0.1, 0.15) is 30.0 Å². The van der Waals surface area contributed by atoms with Crippen LogP contribution in [0.15, 0.2) is 99.8 Å². The smallest absolute Gasteiger partial charge is 0.436 e. The molecule has 0 spiro atoms. The van der Waals surface area contributed by atoms with Gasteiger partial charge in [-0.15, -0.1) is 11.8 Å². The van der Waals surface area contributed by atoms with Gasteiger partial charge in [0.15, 0.2) is 5.17 Å². The van der Waals surface area contributed by atoms with Crippen molar-refractivity contribution >= 4 is 50.7 Å². The first-order valence-electron chi connectivity index (χ1n) is 12.2. The van der Waals surface area contributed by atoms with E-state index in [-0.39, 0.29) is 11.9 Å². The molecular formula is C30H31BrN2O3S2. The predicted octanol–water partition coefficient (Wildman–Crippen LogP) is 8.25. The Kier molecular flexibility index (Phi) is 9.99. The molecule has 5 nitrogen and oxygen atoms in total. The highest BCUT2D eigenvalue weighted by molar-refractivity contribution is 9.10. The zero-order chi connectivity index (χ0) is 27.0. The molecule has 1 aliphatic heterocycles. The van der Waals surface area contributed by atoms with Crippen molar-refractivity contribution in [2.24, 2.45) is 4.99 Å². The van der Waals surface area contributed by atoms with E-state index in [1.807, 2.05) is 66.5 Å². The average molecular weight is 612 g/mol. The molecule has 2 unspecified atom stereocenters. The highest BCUT2D eigenvalue weighted by Crippen LogP contribution is 2.47. The minimum absolute atomic E-state index is 0.174. The van der Waals surface area contributed by atoms with E-state index < -0.39 is 11.6 Å². The Balaban J connectivity index is 1.75. The third-order valence-electron chi connectivity index (χ3n) is 6.60. The van der Waals surface area contributed by atoms with Crippen LogP contribution in [0.4, 0.5) is 4.79 Å². The zero-order valence-electron chi connectivity index (χ0n) is 21.7. The number of carbonyl (C=O) groups excluding carboxylic acids is 1. The highest BCUT2D eigenvalue weighted by Gasteiger charge is 2.45. The van der Waals surface area contributed by atoms with Crippen molar-refractivity contribution < 1.29 is 14.3 Å². The van der Waals surface area contributed by atoms with Crippen molar-refractivity contribution in [3.63, 3.8) is 0 Å². The van der Waals surface area contributed by atoms with E-state index in [1.165, 1.54) is 11.8 Å². The van der Waals surface area contributed by atoms with Crippen LogP contribution < -0.4 is 4.74 Å². The number of nitrogens with zero attached hydrogens (tertiary/aromatic N) is 2. The molecule has 1 heterocycles. The molecule has 0 saturated carbocycles. The van der Waals surface area contributed by atoms with Crippen LogP contribution in [-0.4, -0.2) is 34.8 Å². The first-order valence-corrected chi connectivity index (χ1v) is 15.2. The van der Waals surface area contributed by atoms with Crippen molar-refractivity contribution in [2.75, 3.05) is 13.4 Å². The summed E-state index contributed by atoms with van der Waals surface area (Å²) in [5.41, 5.74) is 2.63. The number of amides is 1. The monoisotopic (exact) mass is 610 g/mol. The van der Waals surface area contributed by atoms with Gasteiger partial charge >= 0.3 is 6.09 Å². The van der Waals surface area contributed by atoms with E-state index in [9.17, 15) is 4.79 Å². The Morgan fingerprint density at radius 3 is 2.42 bits per heavy atom. The first kappa shape index (κ1) is 28.3. The molecular weight excluding hydrogens is 580 g/mol. The molecule has 3 aromatic carbocycles. The van der Waals surface area contributed by atoms with E-state index in [0.717, 1.165) is 33.3 Å². The lowest BCUT2D eigenvalue weighted by Gasteiger charge is -2.47. The first-order chi connectivity index (χ1) is 18.5. The van der Waals surface area contributed by atoms with Gasteiger partial charge in [0.05, 0.1) is 12.6 Å². The molecule has 0 aromatic heterocycles. The van der Waals surface area contributed by atoms with Crippen LogP contribution in [-0.2, 0) is 23.4 Å². The molecule has 8 heteroatoms. The number of hydrogen-bond donors (Lipinski definition) is 0. The third kappa shape index (κ3) is 6.65. The molecule has 0 saturated heterocycles. The number of benzene rings is 3. The Bertz CT molecular complexity index is 1280. The summed E-state index contributed by atoms with van der Waals surface area (Å²) in [6, 6.07) is 25.9. The number of halogens is 1. The summed E-state index contributed by atoms with van der Waals surface area (Å²) < 4.78 is 11.9. The quantitative estimate of drug-likeness (QED) is 0.189. The van der Waals surface area contributed by atoms with Gasteiger partial charge < -0.3 is 14.4 Å². The Labute approximate surface area is 241 Å². The lowest BCUT2D eigenvalue weighted by molar-refractivity contribution is 0.148. The molecule has 198 valence electrons. The Morgan fingerprint density at radius 1 is 1.08 bits per heavy atom. The summed E-state index contributed by atoms with van der Waals surface area (Å²) in [6.07, 6.45) is 4.46. The van der Waals surface area contributed by atoms with Crippen LogP contribution in [0.3, 0.4) is 0 Å². The van der Waals surface area contributed by atoms with Gasteiger partial charge in [0.2, 0.25) is 0 Å². The molecule has 0 aliphatic carbocycles. The second-order valence-electron chi connectivity index (χ2n) is 8.93. The summed E-state index contributed by atoms with van der Waals surface area (Å²) in [5.74, 6) is 0.799. The van der Waals surface area contributed by atoms with Gasteiger partial charge in [-0.05, 0) is 59.9 Å². The van der Waals surface area contributed by atoms with Crippen molar-refractivity contribution in [1.29, 1.82) is 0 Å². The van der Waals surface area contributed by atoms with Gasteiger partial charge in [0.1, 0.15) is 12.4 Å². The maximum absolute atomic E-state index is 13.0. The number of amidine groups is 1. The van der Waals surface area contributed by atoms with Crippen molar-refractivity contribution in [2.45, 2.75) is 37.3 Å². The van der Waals surface area contributed by atoms with E-state index in [0.29, 0.717) is 11.7 Å². The van der Waals surface area contributed by atoms with Crippen LogP contribution >= 0.6 is 39.5 Å². The van der Waals surface area contributed by atoms with Gasteiger partial charge in [0, 0.05) is 16.3 Å². The summed E-state index contributed by atoms with van der Waals surface area (Å²) in [6.45, 7) is 2.96. The standard InChI is InChI=1S/C30H31BrN2O3S2/c1-30(27-14-9-19-38-27,25-12-7-8-13-26(25)31)33(20-22-15-17-24(35-2)18-16-22)28(37-3)32-29(34)36-21-23-10-5-4-6-11-23/h4-13,15-19,27H,14,20-21H2,1-3H3/b32-28-. The molecule has 0 bridgehead atoms. The summed E-state index contributed by atoms with van der Waals surface area (Å²) >= 11 is 7.07. The molecule has 1 amide bonds. The number of aliphatic imine (C=N–C) groups is 1. The number of thioether (sulfide) groups is 2. The van der Waals surface area contributed by atoms with Crippen LogP contribution in [0, 0.1) is 0 Å². The molecule has 3 aromatic rings. The molecule has 38 heavy (non-hydrogen) atoms. The normalized spacial score (nSPS) is 16.6. The van der Waals surface area contributed by atoms with Gasteiger partial charge in [-0.1, -0.05) is 94.4 Å². The Hall–Kier alpha value is -2.68. The third-order valence-corrected chi connectivity index (χ3v) is 9.30. The largest absolute Gasteiger partial charge is 0.497 e. The summed E-state index contributed by atoms with van der Waals surface area (Å²) in [4.78, 5) is 19.7. The minimum Gasteiger partial charge on any atom is -0.497 e. The van der Waals surface area contributed by atoms with Crippen molar-refractivity contribution in [3.05, 3.63) is 112 Å². The average Bonchev–Trinajstić information content (AvgIpc) is 3.50. The molecule has 0 radical (unpaired) electrons. The predicted molar refractivity (Wildman–Crippen MR) is 163 cm³/mol. The number of rotatable bonds is 8.